The number of aliphatic hydroxyl groups excluding tert-OH is 2. The summed E-state index contributed by atoms with van der Waals surface area (Å²) in [5, 5.41) is 21.5. The van der Waals surface area contributed by atoms with Crippen molar-refractivity contribution in [3.8, 4) is 0 Å². The van der Waals surface area contributed by atoms with Crippen LogP contribution in [0.4, 0.5) is 0 Å². The predicted molar refractivity (Wildman–Crippen MR) is 45.5 cm³/mol. The molecule has 65 valence electrons. The first kappa shape index (κ1) is 9.19. The van der Waals surface area contributed by atoms with Crippen LogP contribution in [0, 0.1) is 0 Å². The van der Waals surface area contributed by atoms with Crippen LogP contribution < -0.4 is 5.32 Å². The molecule has 0 aliphatic heterocycles. The van der Waals surface area contributed by atoms with E-state index in [0.717, 1.165) is 5.56 Å². The second kappa shape index (κ2) is 4.87. The summed E-state index contributed by atoms with van der Waals surface area (Å²) >= 11 is 0. The van der Waals surface area contributed by atoms with Gasteiger partial charge in [-0.15, -0.1) is 0 Å². The van der Waals surface area contributed by atoms with Crippen molar-refractivity contribution < 1.29 is 10.2 Å². The maximum Gasteiger partial charge on any atom is 0.109 e. The van der Waals surface area contributed by atoms with Gasteiger partial charge in [0.15, 0.2) is 0 Å². The number of benzene rings is 1. The van der Waals surface area contributed by atoms with Gasteiger partial charge in [0.05, 0.1) is 6.10 Å². The molecule has 0 fully saturated rings. The van der Waals surface area contributed by atoms with Gasteiger partial charge in [0, 0.05) is 6.54 Å². The van der Waals surface area contributed by atoms with Crippen molar-refractivity contribution >= 4 is 0 Å². The van der Waals surface area contributed by atoms with Crippen molar-refractivity contribution in [2.45, 2.75) is 6.10 Å². The molecular weight excluding hydrogens is 154 g/mol. The number of nitrogens with zero attached hydrogens (tertiary/aromatic N) is 1. The highest BCUT2D eigenvalue weighted by molar-refractivity contribution is 5.17. The summed E-state index contributed by atoms with van der Waals surface area (Å²) in [6, 6.07) is 9.27. The Labute approximate surface area is 71.7 Å². The molecule has 12 heavy (non-hydrogen) atoms. The molecule has 1 radical (unpaired) electrons. The van der Waals surface area contributed by atoms with E-state index in [4.69, 9.17) is 5.11 Å². The van der Waals surface area contributed by atoms with Crippen LogP contribution >= 0.6 is 0 Å². The Hall–Kier alpha value is -0.900. The summed E-state index contributed by atoms with van der Waals surface area (Å²) in [5.41, 5.74) is 0.828. The molecule has 0 saturated carbocycles. The van der Waals surface area contributed by atoms with Crippen LogP contribution in [-0.4, -0.2) is 23.5 Å². The molecule has 1 atom stereocenters. The minimum atomic E-state index is -0.599. The quantitative estimate of drug-likeness (QED) is 0.674. The molecule has 0 heterocycles. The van der Waals surface area contributed by atoms with Gasteiger partial charge in [-0.25, -0.2) is 5.32 Å². The van der Waals surface area contributed by atoms with Crippen molar-refractivity contribution in [2.75, 3.05) is 13.3 Å². The molecule has 3 heteroatoms. The van der Waals surface area contributed by atoms with E-state index in [1.165, 1.54) is 0 Å². The number of hydrogen-bond acceptors (Lipinski definition) is 2. The first-order chi connectivity index (χ1) is 5.84. The second-order valence-electron chi connectivity index (χ2n) is 2.47. The molecule has 0 amide bonds. The SMILES string of the molecule is OC[N]CC(O)c1ccccc1. The zero-order valence-electron chi connectivity index (χ0n) is 6.72. The Morgan fingerprint density at radius 2 is 1.92 bits per heavy atom. The van der Waals surface area contributed by atoms with Crippen LogP contribution in [0.5, 0.6) is 0 Å². The molecule has 1 unspecified atom stereocenters. The zero-order chi connectivity index (χ0) is 8.81. The highest BCUT2D eigenvalue weighted by Crippen LogP contribution is 2.10. The molecule has 0 spiro atoms. The van der Waals surface area contributed by atoms with Gasteiger partial charge in [0.25, 0.3) is 0 Å². The van der Waals surface area contributed by atoms with Crippen LogP contribution in [0.1, 0.15) is 11.7 Å². The molecule has 2 N–H and O–H groups in total. The van der Waals surface area contributed by atoms with Gasteiger partial charge >= 0.3 is 0 Å². The van der Waals surface area contributed by atoms with E-state index in [1.807, 2.05) is 30.3 Å². The van der Waals surface area contributed by atoms with E-state index in [-0.39, 0.29) is 13.3 Å². The first-order valence-corrected chi connectivity index (χ1v) is 3.81. The Bertz CT molecular complexity index is 213. The average Bonchev–Trinajstić information content (AvgIpc) is 2.15. The van der Waals surface area contributed by atoms with E-state index in [2.05, 4.69) is 5.32 Å². The van der Waals surface area contributed by atoms with Crippen LogP contribution in [-0.2, 0) is 0 Å². The highest BCUT2D eigenvalue weighted by Gasteiger charge is 2.05. The molecule has 0 aromatic heterocycles. The van der Waals surface area contributed by atoms with Gasteiger partial charge < -0.3 is 10.2 Å². The third kappa shape index (κ3) is 2.62. The van der Waals surface area contributed by atoms with Gasteiger partial charge in [0.2, 0.25) is 0 Å². The van der Waals surface area contributed by atoms with E-state index in [0.29, 0.717) is 0 Å². The Morgan fingerprint density at radius 1 is 1.25 bits per heavy atom. The molecule has 1 rings (SSSR count). The summed E-state index contributed by atoms with van der Waals surface area (Å²) in [4.78, 5) is 0. The van der Waals surface area contributed by atoms with Crippen molar-refractivity contribution in [3.05, 3.63) is 35.9 Å². The highest BCUT2D eigenvalue weighted by atomic mass is 16.3. The van der Waals surface area contributed by atoms with Crippen LogP contribution in [0.25, 0.3) is 0 Å². The maximum atomic E-state index is 9.45. The maximum absolute atomic E-state index is 9.45. The van der Waals surface area contributed by atoms with Crippen molar-refractivity contribution in [1.82, 2.24) is 5.32 Å². The van der Waals surface area contributed by atoms with E-state index >= 15 is 0 Å². The van der Waals surface area contributed by atoms with E-state index in [1.54, 1.807) is 0 Å². The lowest BCUT2D eigenvalue weighted by atomic mass is 10.1. The molecule has 1 aromatic rings. The summed E-state index contributed by atoms with van der Waals surface area (Å²) in [7, 11) is 0. The summed E-state index contributed by atoms with van der Waals surface area (Å²) in [6.45, 7) is 0.0183. The largest absolute Gasteiger partial charge is 0.387 e. The fraction of sp³-hybridized carbons (Fsp3) is 0.333. The number of rotatable bonds is 4. The van der Waals surface area contributed by atoms with Crippen molar-refractivity contribution in [3.63, 3.8) is 0 Å². The minimum absolute atomic E-state index is 0.232. The zero-order valence-corrected chi connectivity index (χ0v) is 6.72. The molecule has 1 aromatic carbocycles. The van der Waals surface area contributed by atoms with Crippen LogP contribution in [0.3, 0.4) is 0 Å². The molecule has 0 bridgehead atoms. The third-order valence-electron chi connectivity index (χ3n) is 1.59. The van der Waals surface area contributed by atoms with Gasteiger partial charge in [-0.3, -0.25) is 0 Å². The summed E-state index contributed by atoms with van der Waals surface area (Å²) < 4.78 is 0. The van der Waals surface area contributed by atoms with E-state index in [9.17, 15) is 5.11 Å². The fourth-order valence-corrected chi connectivity index (χ4v) is 0.961. The monoisotopic (exact) mass is 166 g/mol. The number of hydrogen-bond donors (Lipinski definition) is 2. The van der Waals surface area contributed by atoms with Crippen LogP contribution in [0.15, 0.2) is 30.3 Å². The van der Waals surface area contributed by atoms with E-state index < -0.39 is 6.10 Å². The van der Waals surface area contributed by atoms with Crippen molar-refractivity contribution in [1.29, 1.82) is 0 Å². The lowest BCUT2D eigenvalue weighted by Gasteiger charge is -2.08. The predicted octanol–water partition coefficient (Wildman–Crippen LogP) is 0.274. The van der Waals surface area contributed by atoms with Gasteiger partial charge in [-0.2, -0.15) is 0 Å². The standard InChI is InChI=1S/C9H12NO2/c11-7-10-6-9(12)8-4-2-1-3-5-8/h1-5,9,11-12H,6-7H2. The second-order valence-corrected chi connectivity index (χ2v) is 2.47. The topological polar surface area (TPSA) is 54.6 Å². The molecule has 0 aliphatic rings. The summed E-state index contributed by atoms with van der Waals surface area (Å²) in [5.74, 6) is 0. The molecule has 0 aliphatic carbocycles. The fourth-order valence-electron chi connectivity index (χ4n) is 0.961. The number of aliphatic hydroxyl groups is 2. The Balaban J connectivity index is 2.48. The van der Waals surface area contributed by atoms with Crippen LogP contribution in [0.2, 0.25) is 0 Å². The molecular formula is C9H12NO2. The molecule has 0 saturated heterocycles. The Kier molecular flexibility index (Phi) is 3.73. The van der Waals surface area contributed by atoms with Gasteiger partial charge in [-0.1, -0.05) is 30.3 Å². The average molecular weight is 166 g/mol. The molecule has 3 nitrogen and oxygen atoms in total. The Morgan fingerprint density at radius 3 is 2.50 bits per heavy atom. The van der Waals surface area contributed by atoms with Gasteiger partial charge in [0.1, 0.15) is 6.73 Å². The van der Waals surface area contributed by atoms with Crippen molar-refractivity contribution in [2.24, 2.45) is 0 Å². The lowest BCUT2D eigenvalue weighted by Crippen LogP contribution is -2.15. The third-order valence-corrected chi connectivity index (χ3v) is 1.59. The smallest absolute Gasteiger partial charge is 0.109 e. The van der Waals surface area contributed by atoms with Gasteiger partial charge in [-0.05, 0) is 5.56 Å². The summed E-state index contributed by atoms with van der Waals surface area (Å²) in [6.07, 6.45) is -0.599. The first-order valence-electron chi connectivity index (χ1n) is 3.81. The lowest BCUT2D eigenvalue weighted by molar-refractivity contribution is 0.153. The normalized spacial score (nSPS) is 12.8. The minimum Gasteiger partial charge on any atom is -0.387 e.